The monoisotopic (exact) mass is 413 g/mol. The molecule has 0 bridgehead atoms. The third-order valence-electron chi connectivity index (χ3n) is 4.41. The van der Waals surface area contributed by atoms with E-state index >= 15 is 0 Å². The van der Waals surface area contributed by atoms with Crippen molar-refractivity contribution in [2.45, 2.75) is 0 Å². The molecule has 31 heavy (non-hydrogen) atoms. The largest absolute Gasteiger partial charge is 0.497 e. The van der Waals surface area contributed by atoms with E-state index in [1.807, 2.05) is 6.07 Å². The second-order valence-electron chi connectivity index (χ2n) is 6.40. The van der Waals surface area contributed by atoms with Crippen LogP contribution in [0.15, 0.2) is 78.4 Å². The minimum absolute atomic E-state index is 0.0191. The van der Waals surface area contributed by atoms with Gasteiger partial charge in [-0.25, -0.2) is 4.79 Å². The second kappa shape index (κ2) is 9.90. The summed E-state index contributed by atoms with van der Waals surface area (Å²) < 4.78 is 15.9. The summed E-state index contributed by atoms with van der Waals surface area (Å²) in [6, 6.07) is 21.9. The van der Waals surface area contributed by atoms with Crippen molar-refractivity contribution in [3.8, 4) is 23.3 Å². The van der Waals surface area contributed by atoms with Gasteiger partial charge in [0.25, 0.3) is 0 Å². The molecule has 0 saturated carbocycles. The van der Waals surface area contributed by atoms with Gasteiger partial charge in [0.05, 0.1) is 19.8 Å². The average Bonchev–Trinajstić information content (AvgIpc) is 2.83. The lowest BCUT2D eigenvalue weighted by Crippen LogP contribution is -2.09. The summed E-state index contributed by atoms with van der Waals surface area (Å²) in [5.41, 5.74) is 1.28. The molecule has 0 fully saturated rings. The molecule has 6 heteroatoms. The number of carbonyl (C=O) groups excluding carboxylic acids is 2. The first-order valence-electron chi connectivity index (χ1n) is 9.31. The van der Waals surface area contributed by atoms with Gasteiger partial charge in [0, 0.05) is 5.56 Å². The van der Waals surface area contributed by atoms with Gasteiger partial charge in [-0.15, -0.1) is 0 Å². The highest BCUT2D eigenvalue weighted by molar-refractivity contribution is 6.14. The number of benzene rings is 3. The number of ether oxygens (including phenoxy) is 3. The van der Waals surface area contributed by atoms with E-state index in [1.165, 1.54) is 20.3 Å². The number of allylic oxidation sites excluding steroid dienone is 1. The van der Waals surface area contributed by atoms with Gasteiger partial charge in [0.2, 0.25) is 5.78 Å². The van der Waals surface area contributed by atoms with Crippen LogP contribution in [0.5, 0.6) is 17.2 Å². The zero-order chi connectivity index (χ0) is 22.2. The quantitative estimate of drug-likeness (QED) is 0.183. The third kappa shape index (κ3) is 5.17. The number of Topliss-reactive ketones (excluding diaryl/α,β-unsaturated/α-hetero) is 1. The van der Waals surface area contributed by atoms with E-state index in [2.05, 4.69) is 0 Å². The maximum absolute atomic E-state index is 12.6. The number of hydrogen-bond donors (Lipinski definition) is 0. The topological polar surface area (TPSA) is 85.6 Å². The summed E-state index contributed by atoms with van der Waals surface area (Å²) in [5, 5.41) is 9.44. The molecule has 0 aliphatic rings. The second-order valence-corrected chi connectivity index (χ2v) is 6.40. The zero-order valence-electron chi connectivity index (χ0n) is 17.0. The van der Waals surface area contributed by atoms with Gasteiger partial charge in [0.1, 0.15) is 17.4 Å². The smallest absolute Gasteiger partial charge is 0.343 e. The number of ketones is 1. The molecule has 0 aromatic heterocycles. The number of rotatable bonds is 7. The van der Waals surface area contributed by atoms with Crippen LogP contribution in [-0.2, 0) is 0 Å². The van der Waals surface area contributed by atoms with Crippen molar-refractivity contribution in [2.75, 3.05) is 14.2 Å². The zero-order valence-corrected chi connectivity index (χ0v) is 17.0. The Bertz CT molecular complexity index is 1180. The van der Waals surface area contributed by atoms with Crippen molar-refractivity contribution < 1.29 is 23.8 Å². The van der Waals surface area contributed by atoms with Crippen LogP contribution in [0.1, 0.15) is 26.3 Å². The van der Waals surface area contributed by atoms with Crippen LogP contribution < -0.4 is 14.2 Å². The first-order chi connectivity index (χ1) is 15.0. The maximum atomic E-state index is 12.6. The van der Waals surface area contributed by atoms with Gasteiger partial charge in [-0.2, -0.15) is 5.26 Å². The Balaban J connectivity index is 1.85. The van der Waals surface area contributed by atoms with E-state index in [4.69, 9.17) is 14.2 Å². The predicted octanol–water partition coefficient (Wildman–Crippen LogP) is 4.71. The lowest BCUT2D eigenvalue weighted by atomic mass is 10.0. The fourth-order valence-electron chi connectivity index (χ4n) is 2.83. The lowest BCUT2D eigenvalue weighted by molar-refractivity contribution is 0.0729. The molecule has 0 atom stereocenters. The first kappa shape index (κ1) is 21.3. The summed E-state index contributed by atoms with van der Waals surface area (Å²) >= 11 is 0. The fraction of sp³-hybridized carbons (Fsp3) is 0.0800. The van der Waals surface area contributed by atoms with Crippen molar-refractivity contribution >= 4 is 17.8 Å². The molecule has 0 unspecified atom stereocenters. The molecule has 3 aromatic carbocycles. The number of carbonyl (C=O) groups is 2. The third-order valence-corrected chi connectivity index (χ3v) is 4.41. The fourth-order valence-corrected chi connectivity index (χ4v) is 2.83. The Morgan fingerprint density at radius 3 is 2.26 bits per heavy atom. The average molecular weight is 413 g/mol. The van der Waals surface area contributed by atoms with E-state index < -0.39 is 5.97 Å². The lowest BCUT2D eigenvalue weighted by Gasteiger charge is -2.11. The molecule has 0 amide bonds. The van der Waals surface area contributed by atoms with Crippen molar-refractivity contribution in [1.82, 2.24) is 0 Å². The van der Waals surface area contributed by atoms with Crippen molar-refractivity contribution in [2.24, 2.45) is 0 Å². The molecule has 0 saturated heterocycles. The van der Waals surface area contributed by atoms with Crippen molar-refractivity contribution in [1.29, 1.82) is 5.26 Å². The number of methoxy groups -OCH3 is 2. The molecular weight excluding hydrogens is 394 g/mol. The first-order valence-corrected chi connectivity index (χ1v) is 9.31. The highest BCUT2D eigenvalue weighted by Gasteiger charge is 2.15. The molecule has 154 valence electrons. The standard InChI is InChI=1S/C25H19NO5/c1-29-21-10-6-9-19(15-21)25(28)31-22-12-11-17(14-23(22)30-2)13-20(16-26)24(27)18-7-4-3-5-8-18/h3-15H,1-2H3. The van der Waals surface area contributed by atoms with Crippen LogP contribution in [0.4, 0.5) is 0 Å². The van der Waals surface area contributed by atoms with E-state index in [-0.39, 0.29) is 22.9 Å². The molecule has 0 radical (unpaired) electrons. The predicted molar refractivity (Wildman–Crippen MR) is 115 cm³/mol. The molecule has 0 N–H and O–H groups in total. The van der Waals surface area contributed by atoms with Crippen LogP contribution in [0.3, 0.4) is 0 Å². The van der Waals surface area contributed by atoms with Gasteiger partial charge in [-0.1, -0.05) is 42.5 Å². The van der Waals surface area contributed by atoms with Crippen molar-refractivity contribution in [3.63, 3.8) is 0 Å². The Kier molecular flexibility index (Phi) is 6.82. The minimum atomic E-state index is -0.572. The van der Waals surface area contributed by atoms with Gasteiger partial charge in [-0.05, 0) is 42.0 Å². The summed E-state index contributed by atoms with van der Waals surface area (Å²) in [6.45, 7) is 0. The number of esters is 1. The van der Waals surface area contributed by atoms with E-state index in [1.54, 1.807) is 72.8 Å². The van der Waals surface area contributed by atoms with Crippen LogP contribution in [0, 0.1) is 11.3 Å². The summed E-state index contributed by atoms with van der Waals surface area (Å²) in [4.78, 5) is 25.0. The summed E-state index contributed by atoms with van der Waals surface area (Å²) in [6.07, 6.45) is 1.46. The van der Waals surface area contributed by atoms with E-state index in [0.717, 1.165) is 0 Å². The van der Waals surface area contributed by atoms with E-state index in [9.17, 15) is 14.9 Å². The molecule has 3 aromatic rings. The van der Waals surface area contributed by atoms with Gasteiger partial charge >= 0.3 is 5.97 Å². The van der Waals surface area contributed by atoms with Crippen LogP contribution in [-0.4, -0.2) is 26.0 Å². The molecule has 3 rings (SSSR count). The normalized spacial score (nSPS) is 10.7. The summed E-state index contributed by atoms with van der Waals surface area (Å²) in [7, 11) is 2.95. The molecule has 0 aliphatic heterocycles. The molecule has 6 nitrogen and oxygen atoms in total. The van der Waals surface area contributed by atoms with Crippen LogP contribution >= 0.6 is 0 Å². The Morgan fingerprint density at radius 2 is 1.58 bits per heavy atom. The van der Waals surface area contributed by atoms with Crippen LogP contribution in [0.2, 0.25) is 0 Å². The maximum Gasteiger partial charge on any atom is 0.343 e. The number of nitrogens with zero attached hydrogens (tertiary/aromatic N) is 1. The molecule has 0 heterocycles. The van der Waals surface area contributed by atoms with Crippen molar-refractivity contribution in [3.05, 3.63) is 95.1 Å². The van der Waals surface area contributed by atoms with Gasteiger partial charge in [-0.3, -0.25) is 4.79 Å². The molecular formula is C25H19NO5. The van der Waals surface area contributed by atoms with Crippen LogP contribution in [0.25, 0.3) is 6.08 Å². The minimum Gasteiger partial charge on any atom is -0.497 e. The Labute approximate surface area is 179 Å². The van der Waals surface area contributed by atoms with Gasteiger partial charge in [0.15, 0.2) is 11.5 Å². The Hall–Kier alpha value is -4.37. The van der Waals surface area contributed by atoms with E-state index in [0.29, 0.717) is 22.4 Å². The Morgan fingerprint density at radius 1 is 0.839 bits per heavy atom. The summed E-state index contributed by atoms with van der Waals surface area (Å²) in [5.74, 6) is 0.0804. The highest BCUT2D eigenvalue weighted by atomic mass is 16.6. The molecule has 0 aliphatic carbocycles. The highest BCUT2D eigenvalue weighted by Crippen LogP contribution is 2.30. The van der Waals surface area contributed by atoms with Gasteiger partial charge < -0.3 is 14.2 Å². The number of nitriles is 1. The molecule has 0 spiro atoms. The number of hydrogen-bond acceptors (Lipinski definition) is 6. The SMILES string of the molecule is COc1cccc(C(=O)Oc2ccc(C=C(C#N)C(=O)c3ccccc3)cc2OC)c1.